The SMILES string of the molecule is O=C(Cl)c1ccc(OCCOCCOc2ccc(OCCl)cc2)cc1. The number of halogens is 2. The molecule has 0 amide bonds. The molecule has 0 unspecified atom stereocenters. The zero-order valence-electron chi connectivity index (χ0n) is 13.5. The fraction of sp³-hybridized carbons (Fsp3) is 0.278. The summed E-state index contributed by atoms with van der Waals surface area (Å²) in [6, 6.07) is 13.9. The Labute approximate surface area is 156 Å². The Morgan fingerprint density at radius 1 is 0.720 bits per heavy atom. The molecule has 2 aromatic rings. The van der Waals surface area contributed by atoms with Gasteiger partial charge in [-0.2, -0.15) is 0 Å². The van der Waals surface area contributed by atoms with Crippen LogP contribution in [0.2, 0.25) is 0 Å². The highest BCUT2D eigenvalue weighted by Gasteiger charge is 2.01. The van der Waals surface area contributed by atoms with Gasteiger partial charge in [-0.25, -0.2) is 0 Å². The summed E-state index contributed by atoms with van der Waals surface area (Å²) < 4.78 is 21.6. The summed E-state index contributed by atoms with van der Waals surface area (Å²) in [4.78, 5) is 10.9. The molecule has 0 aliphatic carbocycles. The Morgan fingerprint density at radius 2 is 1.16 bits per heavy atom. The van der Waals surface area contributed by atoms with E-state index in [4.69, 9.17) is 42.1 Å². The molecule has 0 saturated carbocycles. The molecule has 0 heterocycles. The summed E-state index contributed by atoms with van der Waals surface area (Å²) in [6.07, 6.45) is 0. The van der Waals surface area contributed by atoms with E-state index in [1.165, 1.54) is 0 Å². The van der Waals surface area contributed by atoms with Crippen molar-refractivity contribution in [1.82, 2.24) is 0 Å². The van der Waals surface area contributed by atoms with Crippen molar-refractivity contribution in [3.8, 4) is 17.2 Å². The lowest BCUT2D eigenvalue weighted by molar-refractivity contribution is 0.0764. The average molecular weight is 385 g/mol. The predicted molar refractivity (Wildman–Crippen MR) is 96.2 cm³/mol. The van der Waals surface area contributed by atoms with E-state index in [9.17, 15) is 4.79 Å². The first-order valence-electron chi connectivity index (χ1n) is 7.61. The minimum Gasteiger partial charge on any atom is -0.491 e. The lowest BCUT2D eigenvalue weighted by Crippen LogP contribution is -2.12. The largest absolute Gasteiger partial charge is 0.491 e. The van der Waals surface area contributed by atoms with Gasteiger partial charge in [0, 0.05) is 5.56 Å². The summed E-state index contributed by atoms with van der Waals surface area (Å²) in [5.74, 6) is 2.08. The number of ether oxygens (including phenoxy) is 4. The van der Waals surface area contributed by atoms with Gasteiger partial charge in [0.05, 0.1) is 13.2 Å². The molecule has 0 atom stereocenters. The van der Waals surface area contributed by atoms with E-state index < -0.39 is 5.24 Å². The van der Waals surface area contributed by atoms with Crippen molar-refractivity contribution in [2.75, 3.05) is 32.5 Å². The number of carbonyl (C=O) groups excluding carboxylic acids is 1. The fourth-order valence-electron chi connectivity index (χ4n) is 1.92. The van der Waals surface area contributed by atoms with E-state index in [1.807, 2.05) is 0 Å². The van der Waals surface area contributed by atoms with Crippen LogP contribution in [0.15, 0.2) is 48.5 Å². The van der Waals surface area contributed by atoms with Crippen LogP contribution in [-0.2, 0) is 4.74 Å². The number of hydrogen-bond donors (Lipinski definition) is 0. The Hall–Kier alpha value is -1.95. The van der Waals surface area contributed by atoms with Gasteiger partial charge in [0.25, 0.3) is 5.24 Å². The van der Waals surface area contributed by atoms with Crippen molar-refractivity contribution >= 4 is 28.4 Å². The van der Waals surface area contributed by atoms with Gasteiger partial charge in [-0.1, -0.05) is 11.6 Å². The van der Waals surface area contributed by atoms with Gasteiger partial charge in [0.1, 0.15) is 30.5 Å². The molecule has 2 aromatic carbocycles. The molecule has 0 bridgehead atoms. The van der Waals surface area contributed by atoms with Crippen LogP contribution in [0.3, 0.4) is 0 Å². The van der Waals surface area contributed by atoms with Crippen LogP contribution < -0.4 is 14.2 Å². The highest BCUT2D eigenvalue weighted by molar-refractivity contribution is 6.67. The molecule has 0 N–H and O–H groups in total. The molecule has 0 saturated heterocycles. The lowest BCUT2D eigenvalue weighted by atomic mass is 10.2. The van der Waals surface area contributed by atoms with Crippen molar-refractivity contribution < 1.29 is 23.7 Å². The Morgan fingerprint density at radius 3 is 1.60 bits per heavy atom. The standard InChI is InChI=1S/C18H18Cl2O5/c19-13-25-17-7-5-16(6-8-17)24-12-10-22-9-11-23-15-3-1-14(2-4-15)18(20)21/h1-8H,9-13H2. The van der Waals surface area contributed by atoms with Crippen LogP contribution in [-0.4, -0.2) is 37.7 Å². The van der Waals surface area contributed by atoms with Crippen molar-refractivity contribution in [2.24, 2.45) is 0 Å². The van der Waals surface area contributed by atoms with Gasteiger partial charge in [-0.15, -0.1) is 0 Å². The smallest absolute Gasteiger partial charge is 0.252 e. The number of rotatable bonds is 11. The van der Waals surface area contributed by atoms with E-state index >= 15 is 0 Å². The summed E-state index contributed by atoms with van der Waals surface area (Å²) in [7, 11) is 0. The molecule has 0 radical (unpaired) electrons. The van der Waals surface area contributed by atoms with E-state index in [-0.39, 0.29) is 6.07 Å². The fourth-order valence-corrected chi connectivity index (χ4v) is 2.17. The minimum absolute atomic E-state index is 0.116. The van der Waals surface area contributed by atoms with Crippen LogP contribution >= 0.6 is 23.2 Å². The topological polar surface area (TPSA) is 54.0 Å². The molecule has 0 aliphatic rings. The van der Waals surface area contributed by atoms with Crippen LogP contribution in [0.1, 0.15) is 10.4 Å². The molecule has 0 aromatic heterocycles. The maximum absolute atomic E-state index is 10.9. The molecular weight excluding hydrogens is 367 g/mol. The second-order valence-electron chi connectivity index (χ2n) is 4.83. The third-order valence-corrected chi connectivity index (χ3v) is 3.45. The van der Waals surface area contributed by atoms with Crippen LogP contribution in [0.25, 0.3) is 0 Å². The minimum atomic E-state index is -0.490. The summed E-state index contributed by atoms with van der Waals surface area (Å²) in [6.45, 7) is 1.71. The third kappa shape index (κ3) is 7.22. The zero-order valence-corrected chi connectivity index (χ0v) is 15.0. The van der Waals surface area contributed by atoms with Crippen LogP contribution in [0.4, 0.5) is 0 Å². The highest BCUT2D eigenvalue weighted by Crippen LogP contribution is 2.17. The van der Waals surface area contributed by atoms with Crippen LogP contribution in [0.5, 0.6) is 17.2 Å². The summed E-state index contributed by atoms with van der Waals surface area (Å²) in [5, 5.41) is -0.490. The number of alkyl halides is 1. The monoisotopic (exact) mass is 384 g/mol. The normalized spacial score (nSPS) is 10.3. The van der Waals surface area contributed by atoms with Crippen molar-refractivity contribution in [2.45, 2.75) is 0 Å². The Balaban J connectivity index is 1.55. The van der Waals surface area contributed by atoms with Gasteiger partial charge < -0.3 is 18.9 Å². The number of hydrogen-bond acceptors (Lipinski definition) is 5. The van der Waals surface area contributed by atoms with Gasteiger partial charge >= 0.3 is 0 Å². The second-order valence-corrected chi connectivity index (χ2v) is 5.39. The molecule has 25 heavy (non-hydrogen) atoms. The summed E-state index contributed by atoms with van der Waals surface area (Å²) in [5.41, 5.74) is 0.435. The van der Waals surface area contributed by atoms with Gasteiger partial charge in [-0.3, -0.25) is 4.79 Å². The second kappa shape index (κ2) is 10.8. The molecule has 0 aliphatic heterocycles. The molecule has 2 rings (SSSR count). The predicted octanol–water partition coefficient (Wildman–Crippen LogP) is 4.12. The van der Waals surface area contributed by atoms with Gasteiger partial charge in [-0.05, 0) is 60.1 Å². The third-order valence-electron chi connectivity index (χ3n) is 3.12. The first-order chi connectivity index (χ1) is 12.2. The maximum atomic E-state index is 10.9. The first-order valence-corrected chi connectivity index (χ1v) is 8.52. The molecule has 0 fully saturated rings. The summed E-state index contributed by atoms with van der Waals surface area (Å²) >= 11 is 10.9. The molecule has 5 nitrogen and oxygen atoms in total. The van der Waals surface area contributed by atoms with E-state index in [0.29, 0.717) is 43.5 Å². The Kier molecular flexibility index (Phi) is 8.39. The molecule has 0 spiro atoms. The van der Waals surface area contributed by atoms with Crippen molar-refractivity contribution in [3.05, 3.63) is 54.1 Å². The number of carbonyl (C=O) groups is 1. The quantitative estimate of drug-likeness (QED) is 0.331. The van der Waals surface area contributed by atoms with E-state index in [2.05, 4.69) is 0 Å². The van der Waals surface area contributed by atoms with Crippen molar-refractivity contribution in [1.29, 1.82) is 0 Å². The van der Waals surface area contributed by atoms with Crippen LogP contribution in [0, 0.1) is 0 Å². The molecule has 7 heteroatoms. The van der Waals surface area contributed by atoms with Gasteiger partial charge in [0.2, 0.25) is 0 Å². The van der Waals surface area contributed by atoms with Gasteiger partial charge in [0.15, 0.2) is 6.07 Å². The highest BCUT2D eigenvalue weighted by atomic mass is 35.5. The van der Waals surface area contributed by atoms with Crippen molar-refractivity contribution in [3.63, 3.8) is 0 Å². The first kappa shape index (κ1) is 19.4. The van der Waals surface area contributed by atoms with E-state index in [0.717, 1.165) is 5.75 Å². The Bertz CT molecular complexity index is 644. The molecular formula is C18H18Cl2O5. The lowest BCUT2D eigenvalue weighted by Gasteiger charge is -2.09. The average Bonchev–Trinajstić information content (AvgIpc) is 2.63. The zero-order chi connectivity index (χ0) is 17.9. The maximum Gasteiger partial charge on any atom is 0.252 e. The number of benzene rings is 2. The van der Waals surface area contributed by atoms with E-state index in [1.54, 1.807) is 48.5 Å². The molecule has 134 valence electrons.